The highest BCUT2D eigenvalue weighted by molar-refractivity contribution is 5.39. The third kappa shape index (κ3) is 5.12. The minimum atomic E-state index is -0.525. The molecule has 1 N–H and O–H groups in total. The number of rotatable bonds is 8. The topological polar surface area (TPSA) is 51.2 Å². The van der Waals surface area contributed by atoms with Gasteiger partial charge in [0.25, 0.3) is 0 Å². The molecule has 1 aromatic rings. The van der Waals surface area contributed by atoms with Crippen LogP contribution in [0.15, 0.2) is 18.2 Å². The molecular formula is C21H35NO4. The maximum atomic E-state index is 10.5. The van der Waals surface area contributed by atoms with Crippen LogP contribution in [0.4, 0.5) is 0 Å². The Balaban J connectivity index is 1.92. The second-order valence-electron chi connectivity index (χ2n) is 8.44. The van der Waals surface area contributed by atoms with Crippen molar-refractivity contribution in [1.82, 2.24) is 4.90 Å². The minimum Gasteiger partial charge on any atom is -0.497 e. The van der Waals surface area contributed by atoms with Crippen molar-refractivity contribution >= 4 is 0 Å². The summed E-state index contributed by atoms with van der Waals surface area (Å²) in [5, 5.41) is 10.5. The molecule has 0 saturated carbocycles. The van der Waals surface area contributed by atoms with E-state index in [-0.39, 0.29) is 11.1 Å². The number of likely N-dealkylation sites (tertiary alicyclic amines) is 1. The molecule has 1 atom stereocenters. The van der Waals surface area contributed by atoms with Gasteiger partial charge >= 0.3 is 0 Å². The van der Waals surface area contributed by atoms with Gasteiger partial charge in [0.05, 0.1) is 33.5 Å². The van der Waals surface area contributed by atoms with E-state index in [2.05, 4.69) is 32.6 Å². The molecule has 1 saturated heterocycles. The van der Waals surface area contributed by atoms with E-state index in [0.717, 1.165) is 29.9 Å². The number of aliphatic hydroxyl groups excluding tert-OH is 1. The van der Waals surface area contributed by atoms with Crippen LogP contribution in [0.5, 0.6) is 11.5 Å². The summed E-state index contributed by atoms with van der Waals surface area (Å²) in [5.74, 6) is 1.53. The highest BCUT2D eigenvalue weighted by Crippen LogP contribution is 2.38. The van der Waals surface area contributed by atoms with Gasteiger partial charge in [-0.25, -0.2) is 0 Å². The smallest absolute Gasteiger partial charge is 0.124 e. The number of piperidine rings is 1. The van der Waals surface area contributed by atoms with Crippen molar-refractivity contribution in [3.63, 3.8) is 0 Å². The Bertz CT molecular complexity index is 569. The van der Waals surface area contributed by atoms with Crippen molar-refractivity contribution in [2.45, 2.75) is 70.7 Å². The molecule has 0 aromatic heterocycles. The molecule has 0 radical (unpaired) electrons. The van der Waals surface area contributed by atoms with Gasteiger partial charge in [0, 0.05) is 23.2 Å². The lowest BCUT2D eigenvalue weighted by Crippen LogP contribution is -2.60. The van der Waals surface area contributed by atoms with Gasteiger partial charge in [0.15, 0.2) is 0 Å². The maximum absolute atomic E-state index is 10.5. The molecule has 0 aliphatic carbocycles. The van der Waals surface area contributed by atoms with Crippen LogP contribution in [0, 0.1) is 0 Å². The van der Waals surface area contributed by atoms with Crippen LogP contribution in [0.3, 0.4) is 0 Å². The van der Waals surface area contributed by atoms with Gasteiger partial charge in [-0.05, 0) is 65.2 Å². The fraction of sp³-hybridized carbons (Fsp3) is 0.714. The first-order chi connectivity index (χ1) is 12.2. The van der Waals surface area contributed by atoms with Crippen LogP contribution < -0.4 is 9.47 Å². The van der Waals surface area contributed by atoms with E-state index < -0.39 is 6.10 Å². The molecule has 1 aromatic carbocycles. The summed E-state index contributed by atoms with van der Waals surface area (Å²) in [4.78, 5) is 2.43. The monoisotopic (exact) mass is 365 g/mol. The maximum Gasteiger partial charge on any atom is 0.124 e. The second-order valence-corrected chi connectivity index (χ2v) is 8.44. The van der Waals surface area contributed by atoms with Gasteiger partial charge in [-0.1, -0.05) is 0 Å². The average Bonchev–Trinajstić information content (AvgIpc) is 2.57. The molecule has 1 aliphatic heterocycles. The number of ether oxygens (including phenoxy) is 3. The number of benzene rings is 1. The molecule has 1 aliphatic rings. The van der Waals surface area contributed by atoms with E-state index in [0.29, 0.717) is 19.8 Å². The van der Waals surface area contributed by atoms with E-state index in [4.69, 9.17) is 14.2 Å². The molecule has 1 fully saturated rings. The average molecular weight is 366 g/mol. The summed E-state index contributed by atoms with van der Waals surface area (Å²) in [6, 6.07) is 5.63. The highest BCUT2D eigenvalue weighted by Gasteiger charge is 2.41. The molecule has 0 unspecified atom stereocenters. The largest absolute Gasteiger partial charge is 0.497 e. The fourth-order valence-electron chi connectivity index (χ4n) is 4.10. The Morgan fingerprint density at radius 1 is 1.08 bits per heavy atom. The quantitative estimate of drug-likeness (QED) is 0.762. The van der Waals surface area contributed by atoms with E-state index in [1.165, 1.54) is 6.42 Å². The summed E-state index contributed by atoms with van der Waals surface area (Å²) < 4.78 is 16.4. The Hall–Kier alpha value is -1.30. The predicted octanol–water partition coefficient (Wildman–Crippen LogP) is 3.62. The van der Waals surface area contributed by atoms with Crippen molar-refractivity contribution in [1.29, 1.82) is 0 Å². The Labute approximate surface area is 158 Å². The van der Waals surface area contributed by atoms with E-state index in [1.54, 1.807) is 14.2 Å². The van der Waals surface area contributed by atoms with Crippen molar-refractivity contribution in [2.24, 2.45) is 0 Å². The third-order valence-electron chi connectivity index (χ3n) is 5.49. The normalized spacial score (nSPS) is 20.6. The Morgan fingerprint density at radius 2 is 1.73 bits per heavy atom. The molecule has 1 heterocycles. The van der Waals surface area contributed by atoms with E-state index in [1.807, 2.05) is 18.2 Å². The van der Waals surface area contributed by atoms with E-state index in [9.17, 15) is 5.11 Å². The van der Waals surface area contributed by atoms with Crippen LogP contribution >= 0.6 is 0 Å². The second kappa shape index (κ2) is 8.59. The Morgan fingerprint density at radius 3 is 2.31 bits per heavy atom. The van der Waals surface area contributed by atoms with Gasteiger partial charge in [-0.3, -0.25) is 4.90 Å². The molecule has 26 heavy (non-hydrogen) atoms. The van der Waals surface area contributed by atoms with Crippen molar-refractivity contribution in [3.8, 4) is 11.5 Å². The molecule has 5 heteroatoms. The summed E-state index contributed by atoms with van der Waals surface area (Å²) >= 11 is 0. The number of hydrogen-bond acceptors (Lipinski definition) is 5. The molecule has 2 rings (SSSR count). The zero-order valence-electron chi connectivity index (χ0n) is 17.2. The standard InChI is InChI=1S/C21H35NO4/c1-20(2)10-7-11-21(3,4)22(20)13-17(23)15-26-14-16-12-18(24-5)8-9-19(16)25-6/h8-9,12,17,23H,7,10-11,13-15H2,1-6H3/t17-/m0/s1. The molecule has 0 spiro atoms. The fourth-order valence-corrected chi connectivity index (χ4v) is 4.10. The van der Waals surface area contributed by atoms with E-state index >= 15 is 0 Å². The van der Waals surface area contributed by atoms with Crippen LogP contribution in [0.25, 0.3) is 0 Å². The lowest BCUT2D eigenvalue weighted by atomic mass is 9.79. The van der Waals surface area contributed by atoms with Gasteiger partial charge in [-0.15, -0.1) is 0 Å². The summed E-state index contributed by atoms with van der Waals surface area (Å²) in [6.45, 7) is 10.4. The third-order valence-corrected chi connectivity index (χ3v) is 5.49. The molecule has 0 bridgehead atoms. The van der Waals surface area contributed by atoms with Gasteiger partial charge in [0.2, 0.25) is 0 Å². The van der Waals surface area contributed by atoms with Gasteiger partial charge in [-0.2, -0.15) is 0 Å². The number of methoxy groups -OCH3 is 2. The lowest BCUT2D eigenvalue weighted by molar-refractivity contribution is -0.0715. The zero-order valence-corrected chi connectivity index (χ0v) is 17.2. The molecule has 148 valence electrons. The van der Waals surface area contributed by atoms with Crippen molar-refractivity contribution in [2.75, 3.05) is 27.4 Å². The number of aliphatic hydroxyl groups is 1. The molecule has 0 amide bonds. The number of β-amino-alcohol motifs (C(OH)–C–C–N with tert-alkyl or cyclic N) is 1. The highest BCUT2D eigenvalue weighted by atomic mass is 16.5. The number of nitrogens with zero attached hydrogens (tertiary/aromatic N) is 1. The first-order valence-electron chi connectivity index (χ1n) is 9.44. The molecular weight excluding hydrogens is 330 g/mol. The van der Waals surface area contributed by atoms with Crippen molar-refractivity contribution in [3.05, 3.63) is 23.8 Å². The molecule has 5 nitrogen and oxygen atoms in total. The Kier molecular flexibility index (Phi) is 6.94. The zero-order chi connectivity index (χ0) is 19.4. The summed E-state index contributed by atoms with van der Waals surface area (Å²) in [7, 11) is 3.28. The first-order valence-corrected chi connectivity index (χ1v) is 9.44. The van der Waals surface area contributed by atoms with Gasteiger partial charge in [0.1, 0.15) is 11.5 Å². The van der Waals surface area contributed by atoms with Crippen molar-refractivity contribution < 1.29 is 19.3 Å². The lowest BCUT2D eigenvalue weighted by Gasteiger charge is -2.53. The SMILES string of the molecule is COc1ccc(OC)c(COC[C@@H](O)CN2C(C)(C)CCCC2(C)C)c1. The minimum absolute atomic E-state index is 0.0960. The van der Waals surface area contributed by atoms with Crippen LogP contribution in [-0.2, 0) is 11.3 Å². The van der Waals surface area contributed by atoms with Crippen LogP contribution in [0.1, 0.15) is 52.5 Å². The van der Waals surface area contributed by atoms with Crippen LogP contribution in [0.2, 0.25) is 0 Å². The summed E-state index contributed by atoms with van der Waals surface area (Å²) in [6.07, 6.45) is 3.03. The summed E-state index contributed by atoms with van der Waals surface area (Å²) in [5.41, 5.74) is 1.11. The van der Waals surface area contributed by atoms with Crippen LogP contribution in [-0.4, -0.2) is 54.6 Å². The first kappa shape index (κ1) is 21.0. The number of hydrogen-bond donors (Lipinski definition) is 1. The van der Waals surface area contributed by atoms with Gasteiger partial charge < -0.3 is 19.3 Å². The predicted molar refractivity (Wildman–Crippen MR) is 104 cm³/mol.